The summed E-state index contributed by atoms with van der Waals surface area (Å²) in [7, 11) is 0. The van der Waals surface area contributed by atoms with Crippen LogP contribution in [0.25, 0.3) is 0 Å². The summed E-state index contributed by atoms with van der Waals surface area (Å²) in [5.41, 5.74) is 3.06. The molecule has 0 aliphatic heterocycles. The zero-order valence-electron chi connectivity index (χ0n) is 12.1. The molecule has 4 nitrogen and oxygen atoms in total. The minimum Gasteiger partial charge on any atom is -0.469 e. The molecule has 0 saturated heterocycles. The van der Waals surface area contributed by atoms with Gasteiger partial charge in [0.25, 0.3) is 5.91 Å². The van der Waals surface area contributed by atoms with Crippen molar-refractivity contribution in [2.45, 2.75) is 20.3 Å². The Morgan fingerprint density at radius 2 is 2.14 bits per heavy atom. The van der Waals surface area contributed by atoms with Crippen molar-refractivity contribution in [3.05, 3.63) is 53.0 Å². The number of aliphatic hydroxyl groups excluding tert-OH is 1. The third-order valence-corrected chi connectivity index (χ3v) is 3.06. The van der Waals surface area contributed by atoms with E-state index in [2.05, 4.69) is 17.2 Å². The zero-order valence-corrected chi connectivity index (χ0v) is 12.1. The first-order valence-corrected chi connectivity index (χ1v) is 6.67. The number of aliphatic hydroxyl groups is 1. The van der Waals surface area contributed by atoms with Crippen molar-refractivity contribution >= 4 is 11.6 Å². The van der Waals surface area contributed by atoms with Crippen molar-refractivity contribution in [3.8, 4) is 11.8 Å². The van der Waals surface area contributed by atoms with E-state index in [9.17, 15) is 4.79 Å². The smallest absolute Gasteiger partial charge is 0.259 e. The maximum Gasteiger partial charge on any atom is 0.259 e. The second-order valence-electron chi connectivity index (χ2n) is 4.65. The van der Waals surface area contributed by atoms with Gasteiger partial charge in [-0.2, -0.15) is 0 Å². The van der Waals surface area contributed by atoms with Crippen LogP contribution in [-0.2, 0) is 0 Å². The van der Waals surface area contributed by atoms with E-state index in [1.54, 1.807) is 13.0 Å². The highest BCUT2D eigenvalue weighted by Gasteiger charge is 2.11. The zero-order chi connectivity index (χ0) is 15.2. The predicted molar refractivity (Wildman–Crippen MR) is 81.2 cm³/mol. The van der Waals surface area contributed by atoms with E-state index in [-0.39, 0.29) is 12.5 Å². The molecular formula is C17H17NO3. The largest absolute Gasteiger partial charge is 0.469 e. The second kappa shape index (κ2) is 6.78. The molecule has 0 radical (unpaired) electrons. The van der Waals surface area contributed by atoms with Crippen molar-refractivity contribution < 1.29 is 14.3 Å². The number of aryl methyl sites for hydroxylation is 2. The number of carbonyl (C=O) groups excluding carboxylic acids is 1. The Kier molecular flexibility index (Phi) is 4.81. The van der Waals surface area contributed by atoms with Gasteiger partial charge in [0.1, 0.15) is 5.76 Å². The molecule has 0 fully saturated rings. The first-order valence-electron chi connectivity index (χ1n) is 6.67. The molecule has 0 aliphatic rings. The molecule has 0 unspecified atom stereocenters. The van der Waals surface area contributed by atoms with Gasteiger partial charge in [-0.15, -0.1) is 0 Å². The molecule has 0 saturated carbocycles. The number of amides is 1. The Hall–Kier alpha value is -2.51. The summed E-state index contributed by atoms with van der Waals surface area (Å²) in [5.74, 6) is 6.25. The lowest BCUT2D eigenvalue weighted by molar-refractivity contribution is 0.102. The standard InChI is InChI=1S/C17H17NO3/c1-12-6-7-15(11-14(12)5-3-4-9-19)18-17(20)16-8-10-21-13(16)2/h6-8,10-11,19H,4,9H2,1-2H3,(H,18,20). The highest BCUT2D eigenvalue weighted by Crippen LogP contribution is 2.17. The Labute approximate surface area is 123 Å². The molecule has 0 atom stereocenters. The molecule has 1 amide bonds. The minimum atomic E-state index is -0.209. The number of hydrogen-bond donors (Lipinski definition) is 2. The summed E-state index contributed by atoms with van der Waals surface area (Å²) < 4.78 is 5.12. The van der Waals surface area contributed by atoms with Crippen molar-refractivity contribution in [3.63, 3.8) is 0 Å². The van der Waals surface area contributed by atoms with Crippen molar-refractivity contribution in [2.24, 2.45) is 0 Å². The molecule has 0 spiro atoms. The van der Waals surface area contributed by atoms with Gasteiger partial charge in [-0.1, -0.05) is 17.9 Å². The highest BCUT2D eigenvalue weighted by atomic mass is 16.3. The molecular weight excluding hydrogens is 266 g/mol. The van der Waals surface area contributed by atoms with Gasteiger partial charge < -0.3 is 14.8 Å². The minimum absolute atomic E-state index is 0.0439. The van der Waals surface area contributed by atoms with E-state index < -0.39 is 0 Å². The van der Waals surface area contributed by atoms with Gasteiger partial charge in [0.05, 0.1) is 18.4 Å². The number of hydrogen-bond acceptors (Lipinski definition) is 3. The van der Waals surface area contributed by atoms with Gasteiger partial charge >= 0.3 is 0 Å². The maximum atomic E-state index is 12.1. The summed E-state index contributed by atoms with van der Waals surface area (Å²) in [6, 6.07) is 7.20. The van der Waals surface area contributed by atoms with Crippen LogP contribution >= 0.6 is 0 Å². The lowest BCUT2D eigenvalue weighted by Gasteiger charge is -2.06. The third kappa shape index (κ3) is 3.74. The first-order chi connectivity index (χ1) is 10.1. The molecule has 1 aromatic carbocycles. The number of benzene rings is 1. The average molecular weight is 283 g/mol. The fraction of sp³-hybridized carbons (Fsp3) is 0.235. The van der Waals surface area contributed by atoms with Crippen LogP contribution < -0.4 is 5.32 Å². The Bertz CT molecular complexity index is 704. The molecule has 108 valence electrons. The molecule has 4 heteroatoms. The number of carbonyl (C=O) groups is 1. The summed E-state index contributed by atoms with van der Waals surface area (Å²) >= 11 is 0. The summed E-state index contributed by atoms with van der Waals surface area (Å²) in [4.78, 5) is 12.1. The van der Waals surface area contributed by atoms with Crippen molar-refractivity contribution in [1.82, 2.24) is 0 Å². The van der Waals surface area contributed by atoms with E-state index in [0.29, 0.717) is 23.4 Å². The highest BCUT2D eigenvalue weighted by molar-refractivity contribution is 6.05. The Morgan fingerprint density at radius 1 is 1.33 bits per heavy atom. The number of rotatable bonds is 3. The van der Waals surface area contributed by atoms with Gasteiger partial charge in [-0.25, -0.2) is 0 Å². The fourth-order valence-corrected chi connectivity index (χ4v) is 1.87. The molecule has 1 aromatic heterocycles. The molecule has 0 aliphatic carbocycles. The SMILES string of the molecule is Cc1ccc(NC(=O)c2ccoc2C)cc1C#CCCO. The summed E-state index contributed by atoms with van der Waals surface area (Å²) in [5, 5.41) is 11.6. The first kappa shape index (κ1) is 14.9. The monoisotopic (exact) mass is 283 g/mol. The van der Waals surface area contributed by atoms with Gasteiger partial charge in [0.15, 0.2) is 0 Å². The van der Waals surface area contributed by atoms with Crippen molar-refractivity contribution in [1.29, 1.82) is 0 Å². The van der Waals surface area contributed by atoms with E-state index in [4.69, 9.17) is 9.52 Å². The van der Waals surface area contributed by atoms with Crippen LogP contribution in [0, 0.1) is 25.7 Å². The quantitative estimate of drug-likeness (QED) is 0.851. The second-order valence-corrected chi connectivity index (χ2v) is 4.65. The molecule has 2 rings (SSSR count). The number of nitrogens with one attached hydrogen (secondary N) is 1. The predicted octanol–water partition coefficient (Wildman–Crippen LogP) is 2.88. The van der Waals surface area contributed by atoms with E-state index in [1.165, 1.54) is 6.26 Å². The Balaban J connectivity index is 2.18. The number of furan rings is 1. The van der Waals surface area contributed by atoms with Gasteiger partial charge in [0.2, 0.25) is 0 Å². The lowest BCUT2D eigenvalue weighted by atomic mass is 10.1. The normalized spacial score (nSPS) is 9.86. The molecule has 1 heterocycles. The maximum absolute atomic E-state index is 12.1. The van der Waals surface area contributed by atoms with Crippen LogP contribution in [0.4, 0.5) is 5.69 Å². The molecule has 21 heavy (non-hydrogen) atoms. The van der Waals surface area contributed by atoms with Crippen LogP contribution in [0.5, 0.6) is 0 Å². The van der Waals surface area contributed by atoms with Gasteiger partial charge in [-0.05, 0) is 37.6 Å². The molecule has 2 aromatic rings. The molecule has 0 bridgehead atoms. The van der Waals surface area contributed by atoms with Gasteiger partial charge in [-0.3, -0.25) is 4.79 Å². The summed E-state index contributed by atoms with van der Waals surface area (Å²) in [6.07, 6.45) is 1.93. The van der Waals surface area contributed by atoms with E-state index in [0.717, 1.165) is 11.1 Å². The lowest BCUT2D eigenvalue weighted by Crippen LogP contribution is -2.12. The van der Waals surface area contributed by atoms with Crippen molar-refractivity contribution in [2.75, 3.05) is 11.9 Å². The fourth-order valence-electron chi connectivity index (χ4n) is 1.87. The summed E-state index contributed by atoms with van der Waals surface area (Å²) in [6.45, 7) is 3.74. The van der Waals surface area contributed by atoms with Crippen LogP contribution in [0.15, 0.2) is 34.9 Å². The Morgan fingerprint density at radius 3 is 2.81 bits per heavy atom. The number of anilines is 1. The van der Waals surface area contributed by atoms with E-state index >= 15 is 0 Å². The molecule has 2 N–H and O–H groups in total. The average Bonchev–Trinajstić information content (AvgIpc) is 2.89. The van der Waals surface area contributed by atoms with Crippen LogP contribution in [0.2, 0.25) is 0 Å². The van der Waals surface area contributed by atoms with Gasteiger partial charge in [0, 0.05) is 17.7 Å². The van der Waals surface area contributed by atoms with Crippen LogP contribution in [0.3, 0.4) is 0 Å². The van der Waals surface area contributed by atoms with E-state index in [1.807, 2.05) is 25.1 Å². The third-order valence-electron chi connectivity index (χ3n) is 3.06. The topological polar surface area (TPSA) is 62.5 Å². The van der Waals surface area contributed by atoms with Crippen LogP contribution in [-0.4, -0.2) is 17.6 Å². The van der Waals surface area contributed by atoms with Crippen LogP contribution in [0.1, 0.15) is 33.7 Å².